The summed E-state index contributed by atoms with van der Waals surface area (Å²) < 4.78 is 0. The topological polar surface area (TPSA) is 57.5 Å². The zero-order chi connectivity index (χ0) is 16.5. The minimum Gasteiger partial charge on any atom is -0.481 e. The first-order valence-corrected chi connectivity index (χ1v) is 8.54. The molecule has 3 nitrogen and oxygen atoms in total. The van der Waals surface area contributed by atoms with Gasteiger partial charge in [-0.05, 0) is 49.4 Å². The predicted octanol–water partition coefficient (Wildman–Crippen LogP) is 5.12. The molecule has 132 valence electrons. The molecule has 0 saturated heterocycles. The van der Waals surface area contributed by atoms with Gasteiger partial charge in [-0.2, -0.15) is 0 Å². The minimum atomic E-state index is -0.836. The fourth-order valence-electron chi connectivity index (χ4n) is 5.25. The van der Waals surface area contributed by atoms with Gasteiger partial charge in [-0.1, -0.05) is 48.5 Å². The standard InChI is InChI=1S/C16H28O3.C2H6.CH4/c1-14(2)7-5-8-15(3)11(14)6-9-16(4,19)12(15)10-13(17)18;1-2;/h11-12,19H,5-10H2,1-4H3,(H,17,18);1-2H3;1H4/t11?,12-,15+,16-;;/m1../s1. The number of aliphatic hydroxyl groups is 1. The second-order valence-corrected chi connectivity index (χ2v) is 7.95. The van der Waals surface area contributed by atoms with Crippen molar-refractivity contribution >= 4 is 5.97 Å². The van der Waals surface area contributed by atoms with E-state index < -0.39 is 11.6 Å². The second-order valence-electron chi connectivity index (χ2n) is 7.95. The molecule has 2 saturated carbocycles. The van der Waals surface area contributed by atoms with Crippen molar-refractivity contribution in [3.8, 4) is 0 Å². The monoisotopic (exact) mass is 314 g/mol. The van der Waals surface area contributed by atoms with E-state index in [2.05, 4.69) is 20.8 Å². The summed E-state index contributed by atoms with van der Waals surface area (Å²) in [7, 11) is 0. The van der Waals surface area contributed by atoms with Gasteiger partial charge < -0.3 is 10.2 Å². The molecule has 2 aliphatic rings. The average molecular weight is 315 g/mol. The van der Waals surface area contributed by atoms with Crippen LogP contribution in [0.25, 0.3) is 0 Å². The van der Waals surface area contributed by atoms with E-state index in [1.165, 1.54) is 6.42 Å². The number of aliphatic carboxylic acids is 1. The summed E-state index contributed by atoms with van der Waals surface area (Å²) in [6, 6.07) is 0. The Kier molecular flexibility index (Phi) is 7.14. The van der Waals surface area contributed by atoms with Gasteiger partial charge in [0.15, 0.2) is 0 Å². The highest BCUT2D eigenvalue weighted by Gasteiger charge is 2.58. The van der Waals surface area contributed by atoms with Crippen LogP contribution in [0.2, 0.25) is 0 Å². The summed E-state index contributed by atoms with van der Waals surface area (Å²) in [4.78, 5) is 11.2. The lowest BCUT2D eigenvalue weighted by Gasteiger charge is -2.61. The van der Waals surface area contributed by atoms with Crippen LogP contribution < -0.4 is 0 Å². The molecular formula is C19H38O3. The fourth-order valence-corrected chi connectivity index (χ4v) is 5.25. The van der Waals surface area contributed by atoms with Crippen molar-refractivity contribution in [3.05, 3.63) is 0 Å². The molecule has 0 bridgehead atoms. The molecule has 4 atom stereocenters. The zero-order valence-corrected chi connectivity index (χ0v) is 14.7. The lowest BCUT2D eigenvalue weighted by Crippen LogP contribution is -2.58. The van der Waals surface area contributed by atoms with E-state index in [4.69, 9.17) is 0 Å². The van der Waals surface area contributed by atoms with Crippen molar-refractivity contribution in [1.29, 1.82) is 0 Å². The summed E-state index contributed by atoms with van der Waals surface area (Å²) in [5.74, 6) is -0.385. The second kappa shape index (κ2) is 7.33. The molecule has 0 aromatic carbocycles. The van der Waals surface area contributed by atoms with Crippen LogP contribution in [0.15, 0.2) is 0 Å². The third-order valence-electron chi connectivity index (χ3n) is 6.14. The van der Waals surface area contributed by atoms with Gasteiger partial charge in [-0.15, -0.1) is 0 Å². The summed E-state index contributed by atoms with van der Waals surface area (Å²) in [5, 5.41) is 19.9. The molecule has 2 N–H and O–H groups in total. The minimum absolute atomic E-state index is 0. The van der Waals surface area contributed by atoms with Crippen LogP contribution in [0.5, 0.6) is 0 Å². The van der Waals surface area contributed by atoms with Crippen LogP contribution in [0.1, 0.15) is 87.5 Å². The maximum absolute atomic E-state index is 11.2. The largest absolute Gasteiger partial charge is 0.481 e. The molecule has 2 aliphatic carbocycles. The van der Waals surface area contributed by atoms with Crippen LogP contribution in [-0.2, 0) is 4.79 Å². The Bertz CT molecular complexity index is 373. The van der Waals surface area contributed by atoms with Gasteiger partial charge in [0, 0.05) is 5.92 Å². The van der Waals surface area contributed by atoms with Crippen LogP contribution in [0.3, 0.4) is 0 Å². The van der Waals surface area contributed by atoms with Crippen molar-refractivity contribution < 1.29 is 15.0 Å². The average Bonchev–Trinajstić information content (AvgIpc) is 2.35. The molecule has 0 aliphatic heterocycles. The number of carboxylic acids is 1. The van der Waals surface area contributed by atoms with E-state index >= 15 is 0 Å². The Morgan fingerprint density at radius 2 is 1.64 bits per heavy atom. The number of carboxylic acid groups (broad SMARTS) is 1. The van der Waals surface area contributed by atoms with Gasteiger partial charge in [0.2, 0.25) is 0 Å². The molecule has 0 heterocycles. The summed E-state index contributed by atoms with van der Waals surface area (Å²) in [6.45, 7) is 12.7. The lowest BCUT2D eigenvalue weighted by molar-refractivity contribution is -0.178. The Morgan fingerprint density at radius 3 is 2.14 bits per heavy atom. The van der Waals surface area contributed by atoms with E-state index in [-0.39, 0.29) is 30.6 Å². The maximum Gasteiger partial charge on any atom is 0.303 e. The normalized spacial score (nSPS) is 39.6. The third-order valence-corrected chi connectivity index (χ3v) is 6.14. The molecule has 0 amide bonds. The highest BCUT2D eigenvalue weighted by Crippen LogP contribution is 2.62. The number of hydrogen-bond acceptors (Lipinski definition) is 2. The molecule has 0 radical (unpaired) electrons. The van der Waals surface area contributed by atoms with E-state index in [0.717, 1.165) is 25.7 Å². The van der Waals surface area contributed by atoms with Crippen molar-refractivity contribution in [2.24, 2.45) is 22.7 Å². The van der Waals surface area contributed by atoms with E-state index in [1.807, 2.05) is 20.8 Å². The first kappa shape index (κ1) is 21.4. The van der Waals surface area contributed by atoms with Gasteiger partial charge in [0.25, 0.3) is 0 Å². The molecular weight excluding hydrogens is 276 g/mol. The number of hydrogen-bond donors (Lipinski definition) is 2. The van der Waals surface area contributed by atoms with Crippen molar-refractivity contribution in [2.75, 3.05) is 0 Å². The number of rotatable bonds is 2. The Balaban J connectivity index is 0.00000141. The number of carbonyl (C=O) groups is 1. The fraction of sp³-hybridized carbons (Fsp3) is 0.947. The van der Waals surface area contributed by atoms with Crippen molar-refractivity contribution in [1.82, 2.24) is 0 Å². The molecule has 3 heteroatoms. The molecule has 0 spiro atoms. The Hall–Kier alpha value is -0.570. The van der Waals surface area contributed by atoms with Gasteiger partial charge in [0.05, 0.1) is 12.0 Å². The maximum atomic E-state index is 11.2. The zero-order valence-electron chi connectivity index (χ0n) is 14.7. The number of fused-ring (bicyclic) bond motifs is 1. The van der Waals surface area contributed by atoms with E-state index in [9.17, 15) is 15.0 Å². The lowest BCUT2D eigenvalue weighted by atomic mass is 9.45. The van der Waals surface area contributed by atoms with Gasteiger partial charge >= 0.3 is 5.97 Å². The van der Waals surface area contributed by atoms with E-state index in [0.29, 0.717) is 5.92 Å². The van der Waals surface area contributed by atoms with Crippen LogP contribution in [0, 0.1) is 22.7 Å². The summed E-state index contributed by atoms with van der Waals surface area (Å²) >= 11 is 0. The van der Waals surface area contributed by atoms with Gasteiger partial charge in [-0.3, -0.25) is 4.79 Å². The SMILES string of the molecule is C.CC.CC1(C)CCC[C@@]2(C)C1CC[C@@](C)(O)[C@@H]2CC(=O)O. The van der Waals surface area contributed by atoms with Gasteiger partial charge in [0.1, 0.15) is 0 Å². The highest BCUT2D eigenvalue weighted by molar-refractivity contribution is 5.67. The highest BCUT2D eigenvalue weighted by atomic mass is 16.4. The van der Waals surface area contributed by atoms with Gasteiger partial charge in [-0.25, -0.2) is 0 Å². The summed E-state index contributed by atoms with van der Waals surface area (Å²) in [6.07, 6.45) is 5.26. The quantitative estimate of drug-likeness (QED) is 0.744. The van der Waals surface area contributed by atoms with Crippen LogP contribution in [0.4, 0.5) is 0 Å². The van der Waals surface area contributed by atoms with Crippen LogP contribution in [-0.4, -0.2) is 21.8 Å². The summed E-state index contributed by atoms with van der Waals surface area (Å²) in [5.41, 5.74) is -0.612. The molecule has 0 aromatic heterocycles. The van der Waals surface area contributed by atoms with Crippen molar-refractivity contribution in [3.63, 3.8) is 0 Å². The Labute approximate surface area is 137 Å². The van der Waals surface area contributed by atoms with Crippen LogP contribution >= 0.6 is 0 Å². The predicted molar refractivity (Wildman–Crippen MR) is 92.9 cm³/mol. The molecule has 22 heavy (non-hydrogen) atoms. The molecule has 0 aromatic rings. The third kappa shape index (κ3) is 3.84. The van der Waals surface area contributed by atoms with E-state index in [1.54, 1.807) is 0 Å². The Morgan fingerprint density at radius 1 is 1.09 bits per heavy atom. The smallest absolute Gasteiger partial charge is 0.303 e. The first-order valence-electron chi connectivity index (χ1n) is 8.54. The molecule has 1 unspecified atom stereocenters. The molecule has 2 fully saturated rings. The van der Waals surface area contributed by atoms with Crippen molar-refractivity contribution in [2.45, 2.75) is 93.1 Å². The first-order chi connectivity index (χ1) is 9.59. The molecule has 2 rings (SSSR count).